The lowest BCUT2D eigenvalue weighted by molar-refractivity contribution is 0.264. The molecule has 0 saturated heterocycles. The van der Waals surface area contributed by atoms with E-state index >= 15 is 0 Å². The molecular weight excluding hydrogens is 372 g/mol. The highest BCUT2D eigenvalue weighted by atomic mass is 16.5. The molecule has 0 aliphatic carbocycles. The number of hydrogen-bond donors (Lipinski definition) is 0. The molecule has 3 aromatic rings. The lowest BCUT2D eigenvalue weighted by Gasteiger charge is -2.21. The summed E-state index contributed by atoms with van der Waals surface area (Å²) < 4.78 is 28.8. The van der Waals surface area contributed by atoms with Crippen molar-refractivity contribution in [2.45, 2.75) is 26.1 Å². The molecule has 0 bridgehead atoms. The quantitative estimate of drug-likeness (QED) is 0.621. The van der Waals surface area contributed by atoms with Crippen molar-refractivity contribution in [1.82, 2.24) is 0 Å². The van der Waals surface area contributed by atoms with Crippen molar-refractivity contribution < 1.29 is 23.4 Å². The van der Waals surface area contributed by atoms with Crippen molar-refractivity contribution >= 4 is 11.0 Å². The van der Waals surface area contributed by atoms with Gasteiger partial charge in [-0.15, -0.1) is 0 Å². The Morgan fingerprint density at radius 3 is 2.62 bits per heavy atom. The van der Waals surface area contributed by atoms with E-state index in [0.29, 0.717) is 51.5 Å². The first-order chi connectivity index (χ1) is 14.0. The molecule has 1 aromatic heterocycles. The fourth-order valence-corrected chi connectivity index (χ4v) is 3.99. The highest BCUT2D eigenvalue weighted by molar-refractivity contribution is 5.89. The van der Waals surface area contributed by atoms with E-state index in [1.807, 2.05) is 13.0 Å². The van der Waals surface area contributed by atoms with Crippen LogP contribution in [0.5, 0.6) is 23.0 Å². The van der Waals surface area contributed by atoms with Crippen LogP contribution in [0, 0.1) is 0 Å². The second kappa shape index (κ2) is 6.30. The second-order valence-electron chi connectivity index (χ2n) is 7.30. The Balaban J connectivity index is 1.74. The maximum Gasteiger partial charge on any atom is 0.201 e. The monoisotopic (exact) mass is 392 g/mol. The first-order valence-electron chi connectivity index (χ1n) is 9.34. The lowest BCUT2D eigenvalue weighted by atomic mass is 9.97. The van der Waals surface area contributed by atoms with Crippen molar-refractivity contribution in [3.05, 3.63) is 58.0 Å². The average Bonchev–Trinajstić information content (AvgIpc) is 3.17. The van der Waals surface area contributed by atoms with Gasteiger partial charge in [-0.2, -0.15) is 0 Å². The van der Waals surface area contributed by atoms with Crippen molar-refractivity contribution in [3.8, 4) is 34.1 Å². The molecule has 2 aromatic carbocycles. The van der Waals surface area contributed by atoms with Crippen LogP contribution in [0.3, 0.4) is 0 Å². The number of hydrogen-bond acceptors (Lipinski definition) is 6. The Morgan fingerprint density at radius 1 is 1.14 bits per heavy atom. The molecule has 3 heterocycles. The molecule has 148 valence electrons. The van der Waals surface area contributed by atoms with E-state index in [2.05, 4.69) is 6.58 Å². The van der Waals surface area contributed by atoms with Gasteiger partial charge in [-0.1, -0.05) is 6.58 Å². The van der Waals surface area contributed by atoms with Crippen molar-refractivity contribution in [2.75, 3.05) is 14.2 Å². The molecule has 0 spiro atoms. The molecule has 0 amide bonds. The molecule has 6 nitrogen and oxygen atoms in total. The molecule has 2 aliphatic heterocycles. The van der Waals surface area contributed by atoms with E-state index in [-0.39, 0.29) is 18.1 Å². The zero-order valence-electron chi connectivity index (χ0n) is 16.5. The van der Waals surface area contributed by atoms with Crippen LogP contribution in [0.2, 0.25) is 0 Å². The first-order valence-corrected chi connectivity index (χ1v) is 9.34. The highest BCUT2D eigenvalue weighted by Gasteiger charge is 2.31. The number of fused-ring (bicyclic) bond motifs is 6. The van der Waals surface area contributed by atoms with Gasteiger partial charge in [-0.3, -0.25) is 4.79 Å². The van der Waals surface area contributed by atoms with Crippen molar-refractivity contribution in [2.24, 2.45) is 0 Å². The standard InChI is InChI=1S/C23H20O6/c1-11(2)16-8-14-15(28-16)6-5-12-22(24)21-13-7-18(25-3)19(26-4)9-17(13)27-10-20(21)29-23(12)14/h5-7,9,16H,1,8,10H2,2-4H3/t16-/m0/s1. The van der Waals surface area contributed by atoms with Crippen LogP contribution in [0.4, 0.5) is 0 Å². The van der Waals surface area contributed by atoms with Gasteiger partial charge in [0.15, 0.2) is 17.3 Å². The van der Waals surface area contributed by atoms with Gasteiger partial charge < -0.3 is 23.4 Å². The lowest BCUT2D eigenvalue weighted by Crippen LogP contribution is -2.16. The zero-order valence-corrected chi connectivity index (χ0v) is 16.5. The highest BCUT2D eigenvalue weighted by Crippen LogP contribution is 2.45. The van der Waals surface area contributed by atoms with Crippen LogP contribution in [0.15, 0.2) is 45.6 Å². The minimum absolute atomic E-state index is 0.0976. The van der Waals surface area contributed by atoms with Gasteiger partial charge in [-0.25, -0.2) is 0 Å². The molecule has 2 aliphatic rings. The Morgan fingerprint density at radius 2 is 1.90 bits per heavy atom. The summed E-state index contributed by atoms with van der Waals surface area (Å²) in [5, 5.41) is 0.524. The van der Waals surface area contributed by atoms with E-state index in [4.69, 9.17) is 23.4 Å². The molecule has 0 fully saturated rings. The van der Waals surface area contributed by atoms with Gasteiger partial charge in [0.2, 0.25) is 5.43 Å². The number of ether oxygens (including phenoxy) is 4. The van der Waals surface area contributed by atoms with Gasteiger partial charge in [0.25, 0.3) is 0 Å². The Kier molecular flexibility index (Phi) is 3.84. The van der Waals surface area contributed by atoms with Crippen LogP contribution in [-0.2, 0) is 13.0 Å². The third kappa shape index (κ3) is 2.52. The largest absolute Gasteiger partial charge is 0.493 e. The summed E-state index contributed by atoms with van der Waals surface area (Å²) >= 11 is 0. The van der Waals surface area contributed by atoms with Crippen molar-refractivity contribution in [3.63, 3.8) is 0 Å². The van der Waals surface area contributed by atoms with Crippen LogP contribution in [-0.4, -0.2) is 20.3 Å². The fraction of sp³-hybridized carbons (Fsp3) is 0.261. The van der Waals surface area contributed by atoms with Crippen molar-refractivity contribution in [1.29, 1.82) is 0 Å². The van der Waals surface area contributed by atoms with Gasteiger partial charge in [0.05, 0.1) is 25.2 Å². The van der Waals surface area contributed by atoms with E-state index in [1.54, 1.807) is 32.4 Å². The van der Waals surface area contributed by atoms with Crippen LogP contribution in [0.1, 0.15) is 18.2 Å². The van der Waals surface area contributed by atoms with Gasteiger partial charge >= 0.3 is 0 Å². The first kappa shape index (κ1) is 17.7. The summed E-state index contributed by atoms with van der Waals surface area (Å²) in [6.45, 7) is 6.08. The van der Waals surface area contributed by atoms with E-state index in [9.17, 15) is 4.79 Å². The predicted octanol–water partition coefficient (Wildman–Crippen LogP) is 4.25. The summed E-state index contributed by atoms with van der Waals surface area (Å²) in [7, 11) is 3.11. The topological polar surface area (TPSA) is 67.1 Å². The summed E-state index contributed by atoms with van der Waals surface area (Å²) in [5.41, 5.74) is 3.43. The van der Waals surface area contributed by atoms with E-state index in [0.717, 1.165) is 16.9 Å². The molecule has 0 saturated carbocycles. The van der Waals surface area contributed by atoms with Crippen LogP contribution >= 0.6 is 0 Å². The zero-order chi connectivity index (χ0) is 20.3. The molecule has 0 unspecified atom stereocenters. The van der Waals surface area contributed by atoms with Gasteiger partial charge in [-0.05, 0) is 30.7 Å². The summed E-state index contributed by atoms with van der Waals surface area (Å²) in [5.74, 6) is 2.86. The third-order valence-corrected chi connectivity index (χ3v) is 5.52. The minimum atomic E-state index is -0.106. The Labute approximate surface area is 167 Å². The van der Waals surface area contributed by atoms with E-state index in [1.165, 1.54) is 0 Å². The average molecular weight is 392 g/mol. The summed E-state index contributed by atoms with van der Waals surface area (Å²) in [4.78, 5) is 13.5. The van der Waals surface area contributed by atoms with E-state index < -0.39 is 0 Å². The normalized spacial score (nSPS) is 16.3. The number of benzene rings is 2. The molecule has 29 heavy (non-hydrogen) atoms. The summed E-state index contributed by atoms with van der Waals surface area (Å²) in [6.07, 6.45) is 0.525. The fourth-order valence-electron chi connectivity index (χ4n) is 3.99. The van der Waals surface area contributed by atoms with Gasteiger partial charge in [0, 0.05) is 23.6 Å². The predicted molar refractivity (Wildman–Crippen MR) is 108 cm³/mol. The number of rotatable bonds is 3. The molecule has 1 atom stereocenters. The van der Waals surface area contributed by atoms with Crippen LogP contribution < -0.4 is 24.4 Å². The smallest absolute Gasteiger partial charge is 0.201 e. The maximum atomic E-state index is 13.5. The Bertz CT molecular complexity index is 1240. The SMILES string of the molecule is C=C(C)[C@@H]1Cc2c(ccc3c(=O)c4c(oc23)COc2cc(OC)c(OC)cc2-4)O1. The number of methoxy groups -OCH3 is 2. The molecule has 6 heteroatoms. The molecule has 0 radical (unpaired) electrons. The maximum absolute atomic E-state index is 13.5. The molecule has 5 rings (SSSR count). The van der Waals surface area contributed by atoms with Crippen LogP contribution in [0.25, 0.3) is 22.1 Å². The molecule has 0 N–H and O–H groups in total. The third-order valence-electron chi connectivity index (χ3n) is 5.52. The minimum Gasteiger partial charge on any atom is -0.493 e. The second-order valence-corrected chi connectivity index (χ2v) is 7.30. The Hall–Kier alpha value is -3.41. The van der Waals surface area contributed by atoms with Gasteiger partial charge in [0.1, 0.15) is 29.8 Å². The summed E-state index contributed by atoms with van der Waals surface area (Å²) in [6, 6.07) is 7.08. The molecular formula is C23H20O6.